The molecule has 3 heteroatoms. The van der Waals surface area contributed by atoms with Crippen LogP contribution in [-0.4, -0.2) is 48.3 Å². The maximum absolute atomic E-state index is 9.19. The fourth-order valence-electron chi connectivity index (χ4n) is 2.30. The first-order valence-electron chi connectivity index (χ1n) is 6.12. The summed E-state index contributed by atoms with van der Waals surface area (Å²) in [4.78, 5) is 2.43. The predicted octanol–water partition coefficient (Wildman–Crippen LogP) is 1.08. The average Bonchev–Trinajstić information content (AvgIpc) is 2.13. The summed E-state index contributed by atoms with van der Waals surface area (Å²) in [6.45, 7) is 8.55. The molecule has 1 aliphatic heterocycles. The number of hydrogen-bond acceptors (Lipinski definition) is 3. The SMILES string of the molecule is C[C@H](O)CCN[C@@H]1C[C@@H](C)N(C)C[C@@H]1C. The minimum Gasteiger partial charge on any atom is -0.393 e. The van der Waals surface area contributed by atoms with Crippen molar-refractivity contribution in [2.45, 2.75) is 51.8 Å². The van der Waals surface area contributed by atoms with E-state index < -0.39 is 0 Å². The lowest BCUT2D eigenvalue weighted by molar-refractivity contribution is 0.117. The molecule has 0 bridgehead atoms. The second-order valence-corrected chi connectivity index (χ2v) is 5.20. The van der Waals surface area contributed by atoms with Crippen molar-refractivity contribution < 1.29 is 5.11 Å². The van der Waals surface area contributed by atoms with Gasteiger partial charge in [-0.1, -0.05) is 6.92 Å². The first-order valence-corrected chi connectivity index (χ1v) is 6.12. The van der Waals surface area contributed by atoms with Crippen LogP contribution in [0.2, 0.25) is 0 Å². The highest BCUT2D eigenvalue weighted by atomic mass is 16.3. The molecule has 90 valence electrons. The van der Waals surface area contributed by atoms with Gasteiger partial charge in [0.15, 0.2) is 0 Å². The van der Waals surface area contributed by atoms with Crippen molar-refractivity contribution in [3.63, 3.8) is 0 Å². The lowest BCUT2D eigenvalue weighted by Gasteiger charge is -2.40. The molecule has 0 aromatic carbocycles. The van der Waals surface area contributed by atoms with Crippen molar-refractivity contribution in [1.29, 1.82) is 0 Å². The minimum absolute atomic E-state index is 0.184. The van der Waals surface area contributed by atoms with Crippen LogP contribution in [0.4, 0.5) is 0 Å². The Kier molecular flexibility index (Phi) is 5.03. The highest BCUT2D eigenvalue weighted by Crippen LogP contribution is 2.20. The van der Waals surface area contributed by atoms with Crippen LogP contribution in [0.25, 0.3) is 0 Å². The second-order valence-electron chi connectivity index (χ2n) is 5.20. The van der Waals surface area contributed by atoms with E-state index in [9.17, 15) is 5.11 Å². The molecule has 15 heavy (non-hydrogen) atoms. The van der Waals surface area contributed by atoms with Gasteiger partial charge in [0.1, 0.15) is 0 Å². The van der Waals surface area contributed by atoms with E-state index in [1.54, 1.807) is 0 Å². The number of hydrogen-bond donors (Lipinski definition) is 2. The number of aliphatic hydroxyl groups is 1. The zero-order valence-electron chi connectivity index (χ0n) is 10.5. The molecular weight excluding hydrogens is 188 g/mol. The van der Waals surface area contributed by atoms with Crippen molar-refractivity contribution >= 4 is 0 Å². The largest absolute Gasteiger partial charge is 0.393 e. The van der Waals surface area contributed by atoms with E-state index in [2.05, 4.69) is 31.1 Å². The summed E-state index contributed by atoms with van der Waals surface area (Å²) in [7, 11) is 2.20. The Morgan fingerprint density at radius 1 is 1.47 bits per heavy atom. The smallest absolute Gasteiger partial charge is 0.0524 e. The summed E-state index contributed by atoms with van der Waals surface area (Å²) in [5, 5.41) is 12.8. The number of nitrogens with zero attached hydrogens (tertiary/aromatic N) is 1. The number of aliphatic hydroxyl groups excluding tert-OH is 1. The van der Waals surface area contributed by atoms with Crippen LogP contribution in [-0.2, 0) is 0 Å². The highest BCUT2D eigenvalue weighted by Gasteiger charge is 2.28. The Labute approximate surface area is 93.9 Å². The molecule has 1 aliphatic rings. The van der Waals surface area contributed by atoms with Crippen LogP contribution in [0.15, 0.2) is 0 Å². The molecule has 0 aromatic rings. The quantitative estimate of drug-likeness (QED) is 0.735. The standard InChI is InChI=1S/C12H26N2O/c1-9-8-14(4)10(2)7-12(9)13-6-5-11(3)15/h9-13,15H,5-8H2,1-4H3/t9-,10+,11-,12+/m0/s1. The van der Waals surface area contributed by atoms with Crippen LogP contribution in [0, 0.1) is 5.92 Å². The first kappa shape index (κ1) is 12.9. The van der Waals surface area contributed by atoms with Crippen LogP contribution in [0.5, 0.6) is 0 Å². The van der Waals surface area contributed by atoms with E-state index in [0.29, 0.717) is 18.0 Å². The predicted molar refractivity (Wildman–Crippen MR) is 64.0 cm³/mol. The third-order valence-corrected chi connectivity index (χ3v) is 3.58. The molecule has 1 heterocycles. The Bertz CT molecular complexity index is 184. The van der Waals surface area contributed by atoms with Crippen LogP contribution >= 0.6 is 0 Å². The van der Waals surface area contributed by atoms with Gasteiger partial charge in [-0.25, -0.2) is 0 Å². The lowest BCUT2D eigenvalue weighted by atomic mass is 9.90. The van der Waals surface area contributed by atoms with E-state index >= 15 is 0 Å². The van der Waals surface area contributed by atoms with Crippen molar-refractivity contribution in [3.05, 3.63) is 0 Å². The van der Waals surface area contributed by atoms with E-state index in [1.165, 1.54) is 13.0 Å². The summed E-state index contributed by atoms with van der Waals surface area (Å²) in [5.41, 5.74) is 0. The Balaban J connectivity index is 2.28. The first-order chi connectivity index (χ1) is 7.00. The fraction of sp³-hybridized carbons (Fsp3) is 1.00. The van der Waals surface area contributed by atoms with Gasteiger partial charge in [-0.2, -0.15) is 0 Å². The molecule has 0 unspecified atom stereocenters. The molecule has 0 spiro atoms. The van der Waals surface area contributed by atoms with Gasteiger partial charge in [-0.05, 0) is 46.2 Å². The van der Waals surface area contributed by atoms with Crippen molar-refractivity contribution in [2.75, 3.05) is 20.1 Å². The Morgan fingerprint density at radius 2 is 2.13 bits per heavy atom. The van der Waals surface area contributed by atoms with E-state index in [1.807, 2.05) is 6.92 Å². The van der Waals surface area contributed by atoms with Crippen LogP contribution < -0.4 is 5.32 Å². The van der Waals surface area contributed by atoms with Gasteiger partial charge in [0, 0.05) is 18.6 Å². The van der Waals surface area contributed by atoms with Gasteiger partial charge in [0.25, 0.3) is 0 Å². The highest BCUT2D eigenvalue weighted by molar-refractivity contribution is 4.85. The van der Waals surface area contributed by atoms with Crippen molar-refractivity contribution in [1.82, 2.24) is 10.2 Å². The zero-order valence-corrected chi connectivity index (χ0v) is 10.5. The summed E-state index contributed by atoms with van der Waals surface area (Å²) >= 11 is 0. The van der Waals surface area contributed by atoms with Gasteiger partial charge in [0.2, 0.25) is 0 Å². The van der Waals surface area contributed by atoms with Gasteiger partial charge in [-0.3, -0.25) is 0 Å². The third-order valence-electron chi connectivity index (χ3n) is 3.58. The van der Waals surface area contributed by atoms with Crippen LogP contribution in [0.1, 0.15) is 33.6 Å². The Morgan fingerprint density at radius 3 is 2.73 bits per heavy atom. The maximum atomic E-state index is 9.19. The van der Waals surface area contributed by atoms with E-state index in [0.717, 1.165) is 13.0 Å². The van der Waals surface area contributed by atoms with E-state index in [-0.39, 0.29) is 6.10 Å². The van der Waals surface area contributed by atoms with E-state index in [4.69, 9.17) is 0 Å². The maximum Gasteiger partial charge on any atom is 0.0524 e. The average molecular weight is 214 g/mol. The van der Waals surface area contributed by atoms with Crippen molar-refractivity contribution in [3.8, 4) is 0 Å². The van der Waals surface area contributed by atoms with Gasteiger partial charge < -0.3 is 15.3 Å². The van der Waals surface area contributed by atoms with Gasteiger partial charge in [-0.15, -0.1) is 0 Å². The minimum atomic E-state index is -0.184. The molecule has 0 amide bonds. The molecule has 0 aliphatic carbocycles. The molecule has 0 aromatic heterocycles. The number of rotatable bonds is 4. The third kappa shape index (κ3) is 4.09. The molecule has 2 N–H and O–H groups in total. The lowest BCUT2D eigenvalue weighted by Crippen LogP contribution is -2.51. The summed E-state index contributed by atoms with van der Waals surface area (Å²) in [6, 6.07) is 1.29. The zero-order chi connectivity index (χ0) is 11.4. The molecule has 1 fully saturated rings. The number of piperidine rings is 1. The Hall–Kier alpha value is -0.120. The molecule has 0 saturated carbocycles. The molecule has 4 atom stereocenters. The van der Waals surface area contributed by atoms with Crippen molar-refractivity contribution in [2.24, 2.45) is 5.92 Å². The summed E-state index contributed by atoms with van der Waals surface area (Å²) in [6.07, 6.45) is 1.89. The number of likely N-dealkylation sites (tertiary alicyclic amines) is 1. The summed E-state index contributed by atoms with van der Waals surface area (Å²) in [5.74, 6) is 0.709. The van der Waals surface area contributed by atoms with Gasteiger partial charge in [0.05, 0.1) is 6.10 Å². The number of nitrogens with one attached hydrogen (secondary N) is 1. The molecule has 3 nitrogen and oxygen atoms in total. The fourth-order valence-corrected chi connectivity index (χ4v) is 2.30. The van der Waals surface area contributed by atoms with Gasteiger partial charge >= 0.3 is 0 Å². The normalized spacial score (nSPS) is 35.4. The summed E-state index contributed by atoms with van der Waals surface area (Å²) < 4.78 is 0. The van der Waals surface area contributed by atoms with Crippen LogP contribution in [0.3, 0.4) is 0 Å². The molecular formula is C12H26N2O. The second kappa shape index (κ2) is 5.83. The molecule has 1 rings (SSSR count). The molecule has 0 radical (unpaired) electrons. The topological polar surface area (TPSA) is 35.5 Å². The molecule has 1 saturated heterocycles. The monoisotopic (exact) mass is 214 g/mol.